The quantitative estimate of drug-likeness (QED) is 0.648. The fourth-order valence-corrected chi connectivity index (χ4v) is 1.49. The molecule has 0 aliphatic heterocycles. The van der Waals surface area contributed by atoms with E-state index in [0.717, 1.165) is 0 Å². The molecule has 2 aromatic rings. The number of H-pyrrole nitrogens is 1. The highest BCUT2D eigenvalue weighted by Crippen LogP contribution is 2.22. The minimum absolute atomic E-state index is 0.133. The number of nitrogens with one attached hydrogen (secondary N) is 1. The van der Waals surface area contributed by atoms with Crippen LogP contribution >= 0.6 is 11.6 Å². The Hall–Kier alpha value is -2.07. The molecule has 0 unspecified atom stereocenters. The number of allylic oxidation sites excluding steroid dienone is 1. The summed E-state index contributed by atoms with van der Waals surface area (Å²) in [4.78, 5) is 18.5. The molecule has 2 N–H and O–H groups in total. The van der Waals surface area contributed by atoms with Crippen LogP contribution < -0.4 is 0 Å². The molecule has 0 saturated heterocycles. The zero-order valence-electron chi connectivity index (χ0n) is 8.72. The van der Waals surface area contributed by atoms with Crippen molar-refractivity contribution in [3.05, 3.63) is 53.1 Å². The Balaban J connectivity index is 2.20. The van der Waals surface area contributed by atoms with Gasteiger partial charge in [-0.2, -0.15) is 0 Å². The van der Waals surface area contributed by atoms with Crippen molar-refractivity contribution in [3.63, 3.8) is 0 Å². The van der Waals surface area contributed by atoms with Gasteiger partial charge in [0.05, 0.1) is 5.56 Å². The molecule has 86 valence electrons. The Morgan fingerprint density at radius 2 is 2.29 bits per heavy atom. The number of hydrogen-bond donors (Lipinski definition) is 2. The van der Waals surface area contributed by atoms with Gasteiger partial charge in [-0.05, 0) is 30.4 Å². The van der Waals surface area contributed by atoms with Crippen LogP contribution in [-0.4, -0.2) is 20.9 Å². The lowest BCUT2D eigenvalue weighted by Crippen LogP contribution is -1.94. The van der Waals surface area contributed by atoms with E-state index in [9.17, 15) is 9.90 Å². The van der Waals surface area contributed by atoms with Crippen molar-refractivity contribution in [1.82, 2.24) is 9.97 Å². The van der Waals surface area contributed by atoms with Gasteiger partial charge in [0, 0.05) is 17.4 Å². The van der Waals surface area contributed by atoms with Crippen LogP contribution in [0.25, 0.3) is 6.08 Å². The first-order valence-electron chi connectivity index (χ1n) is 4.87. The van der Waals surface area contributed by atoms with Gasteiger partial charge in [0.25, 0.3) is 0 Å². The highest BCUT2D eigenvalue weighted by molar-refractivity contribution is 6.31. The fourth-order valence-electron chi connectivity index (χ4n) is 1.33. The second-order valence-corrected chi connectivity index (χ2v) is 3.77. The van der Waals surface area contributed by atoms with E-state index in [1.165, 1.54) is 24.3 Å². The zero-order chi connectivity index (χ0) is 12.3. The number of rotatable bonds is 3. The maximum absolute atomic E-state index is 11.7. The van der Waals surface area contributed by atoms with E-state index >= 15 is 0 Å². The van der Waals surface area contributed by atoms with Crippen LogP contribution in [0.1, 0.15) is 16.2 Å². The summed E-state index contributed by atoms with van der Waals surface area (Å²) in [6.45, 7) is 0. The van der Waals surface area contributed by atoms with Crippen molar-refractivity contribution in [1.29, 1.82) is 0 Å². The second kappa shape index (κ2) is 4.84. The summed E-state index contributed by atoms with van der Waals surface area (Å²) in [6, 6.07) is 4.36. The first-order chi connectivity index (χ1) is 8.16. The van der Waals surface area contributed by atoms with Crippen molar-refractivity contribution in [2.24, 2.45) is 0 Å². The minimum Gasteiger partial charge on any atom is -0.507 e. The molecule has 0 radical (unpaired) electrons. The number of phenolic OH excluding ortho intramolecular Hbond substituents is 1. The predicted octanol–water partition coefficient (Wildman–Crippen LogP) is 2.66. The molecule has 0 aliphatic carbocycles. The van der Waals surface area contributed by atoms with E-state index in [2.05, 4.69) is 9.97 Å². The van der Waals surface area contributed by atoms with Crippen LogP contribution in [0.2, 0.25) is 5.02 Å². The highest BCUT2D eigenvalue weighted by atomic mass is 35.5. The molecule has 0 fully saturated rings. The van der Waals surface area contributed by atoms with Gasteiger partial charge in [0.15, 0.2) is 5.78 Å². The van der Waals surface area contributed by atoms with Crippen molar-refractivity contribution in [3.8, 4) is 5.75 Å². The number of carbonyl (C=O) groups excluding carboxylic acids is 1. The van der Waals surface area contributed by atoms with Crippen LogP contribution in [0.4, 0.5) is 0 Å². The number of aromatic hydroxyl groups is 1. The van der Waals surface area contributed by atoms with E-state index in [0.29, 0.717) is 10.8 Å². The summed E-state index contributed by atoms with van der Waals surface area (Å²) in [5.74, 6) is 0.133. The number of hydrogen-bond acceptors (Lipinski definition) is 3. The maximum Gasteiger partial charge on any atom is 0.189 e. The number of phenols is 1. The molecule has 17 heavy (non-hydrogen) atoms. The first kappa shape index (κ1) is 11.4. The molecule has 0 amide bonds. The Morgan fingerprint density at radius 3 is 2.94 bits per heavy atom. The number of aromatic nitrogens is 2. The predicted molar refractivity (Wildman–Crippen MR) is 65.1 cm³/mol. The molecule has 1 aromatic heterocycles. The maximum atomic E-state index is 11.7. The summed E-state index contributed by atoms with van der Waals surface area (Å²) in [7, 11) is 0. The van der Waals surface area contributed by atoms with Crippen molar-refractivity contribution < 1.29 is 9.90 Å². The topological polar surface area (TPSA) is 66.0 Å². The van der Waals surface area contributed by atoms with Gasteiger partial charge in [-0.25, -0.2) is 4.98 Å². The lowest BCUT2D eigenvalue weighted by molar-refractivity contribution is 0.104. The van der Waals surface area contributed by atoms with Gasteiger partial charge in [-0.1, -0.05) is 11.6 Å². The lowest BCUT2D eigenvalue weighted by Gasteiger charge is -2.00. The molecular weight excluding hydrogens is 240 g/mol. The van der Waals surface area contributed by atoms with Crippen molar-refractivity contribution in [2.45, 2.75) is 0 Å². The van der Waals surface area contributed by atoms with Crippen LogP contribution in [0.5, 0.6) is 5.75 Å². The second-order valence-electron chi connectivity index (χ2n) is 3.33. The summed E-state index contributed by atoms with van der Waals surface area (Å²) < 4.78 is 0. The molecule has 5 heteroatoms. The first-order valence-corrected chi connectivity index (χ1v) is 5.25. The van der Waals surface area contributed by atoms with Crippen LogP contribution in [0.3, 0.4) is 0 Å². The third-order valence-corrected chi connectivity index (χ3v) is 2.37. The molecule has 1 heterocycles. The average Bonchev–Trinajstić information content (AvgIpc) is 2.78. The van der Waals surface area contributed by atoms with E-state index < -0.39 is 0 Å². The summed E-state index contributed by atoms with van der Waals surface area (Å²) in [5.41, 5.74) is 0.206. The number of carbonyl (C=O) groups is 1. The Kier molecular flexibility index (Phi) is 3.25. The van der Waals surface area contributed by atoms with E-state index in [1.54, 1.807) is 18.5 Å². The van der Waals surface area contributed by atoms with Gasteiger partial charge >= 0.3 is 0 Å². The van der Waals surface area contributed by atoms with Gasteiger partial charge in [0.1, 0.15) is 11.6 Å². The molecule has 0 saturated carbocycles. The molecule has 0 atom stereocenters. The Bertz CT molecular complexity index is 562. The van der Waals surface area contributed by atoms with E-state index in [-0.39, 0.29) is 17.1 Å². The highest BCUT2D eigenvalue weighted by Gasteiger charge is 2.08. The average molecular weight is 249 g/mol. The zero-order valence-corrected chi connectivity index (χ0v) is 9.48. The Labute approximate surface area is 103 Å². The molecule has 1 aromatic carbocycles. The van der Waals surface area contributed by atoms with Crippen LogP contribution in [0, 0.1) is 0 Å². The SMILES string of the molecule is O=C(C=Cc1ncc[nH]1)c1ccc(Cl)cc1O. The molecule has 2 rings (SSSR count). The lowest BCUT2D eigenvalue weighted by atomic mass is 10.1. The fraction of sp³-hybridized carbons (Fsp3) is 0. The number of ketones is 1. The van der Waals surface area contributed by atoms with E-state index in [1.807, 2.05) is 0 Å². The smallest absolute Gasteiger partial charge is 0.189 e. The number of aromatic amines is 1. The monoisotopic (exact) mass is 248 g/mol. The largest absolute Gasteiger partial charge is 0.507 e. The van der Waals surface area contributed by atoms with Crippen LogP contribution in [0.15, 0.2) is 36.7 Å². The van der Waals surface area contributed by atoms with Gasteiger partial charge in [-0.15, -0.1) is 0 Å². The van der Waals surface area contributed by atoms with Gasteiger partial charge in [-0.3, -0.25) is 4.79 Å². The molecule has 0 bridgehead atoms. The summed E-state index contributed by atoms with van der Waals surface area (Å²) >= 11 is 5.68. The van der Waals surface area contributed by atoms with Gasteiger partial charge in [0.2, 0.25) is 0 Å². The number of benzene rings is 1. The number of halogens is 1. The Morgan fingerprint density at radius 1 is 1.47 bits per heavy atom. The van der Waals surface area contributed by atoms with Gasteiger partial charge < -0.3 is 10.1 Å². The van der Waals surface area contributed by atoms with Crippen molar-refractivity contribution in [2.75, 3.05) is 0 Å². The third-order valence-electron chi connectivity index (χ3n) is 2.14. The summed E-state index contributed by atoms with van der Waals surface area (Å²) in [6.07, 6.45) is 6.12. The normalized spacial score (nSPS) is 10.9. The molecule has 0 aliphatic rings. The van der Waals surface area contributed by atoms with Crippen molar-refractivity contribution >= 4 is 23.5 Å². The van der Waals surface area contributed by atoms with Crippen LogP contribution in [-0.2, 0) is 0 Å². The third kappa shape index (κ3) is 2.73. The number of imidazole rings is 1. The minimum atomic E-state index is -0.310. The molecular formula is C12H9ClN2O2. The summed E-state index contributed by atoms with van der Waals surface area (Å²) in [5, 5.41) is 9.94. The van der Waals surface area contributed by atoms with E-state index in [4.69, 9.17) is 11.6 Å². The molecule has 4 nitrogen and oxygen atoms in total. The molecule has 0 spiro atoms. The number of nitrogens with zero attached hydrogens (tertiary/aromatic N) is 1. The standard InChI is InChI=1S/C12H9ClN2O2/c13-8-1-2-9(11(17)7-8)10(16)3-4-12-14-5-6-15-12/h1-7,17H,(H,14,15).